The van der Waals surface area contributed by atoms with Gasteiger partial charge in [0.05, 0.1) is 12.7 Å². The second-order valence-corrected chi connectivity index (χ2v) is 7.37. The van der Waals surface area contributed by atoms with Gasteiger partial charge in [-0.25, -0.2) is 0 Å². The highest BCUT2D eigenvalue weighted by atomic mass is 16.5. The molecule has 0 radical (unpaired) electrons. The van der Waals surface area contributed by atoms with E-state index in [-0.39, 0.29) is 11.8 Å². The number of anilines is 2. The van der Waals surface area contributed by atoms with Gasteiger partial charge in [0, 0.05) is 31.5 Å². The van der Waals surface area contributed by atoms with E-state index in [0.29, 0.717) is 22.6 Å². The smallest absolute Gasteiger partial charge is 0.277 e. The topological polar surface area (TPSA) is 61.9 Å². The molecule has 1 fully saturated rings. The van der Waals surface area contributed by atoms with E-state index in [1.54, 1.807) is 31.4 Å². The number of benzene rings is 2. The van der Waals surface area contributed by atoms with E-state index in [9.17, 15) is 9.59 Å². The summed E-state index contributed by atoms with van der Waals surface area (Å²) in [6, 6.07) is 15.2. The Morgan fingerprint density at radius 1 is 0.862 bits per heavy atom. The molecule has 0 spiro atoms. The summed E-state index contributed by atoms with van der Waals surface area (Å²) in [5.74, 6) is 0.0517. The molecule has 2 amide bonds. The molecule has 0 aromatic heterocycles. The van der Waals surface area contributed by atoms with Crippen LogP contribution in [-0.4, -0.2) is 44.0 Å². The fraction of sp³-hybridized carbons (Fsp3) is 0.304. The lowest BCUT2D eigenvalue weighted by Gasteiger charge is -2.28. The fourth-order valence-electron chi connectivity index (χ4n) is 3.83. The Labute approximate surface area is 170 Å². The third kappa shape index (κ3) is 3.70. The number of carbonyl (C=O) groups excluding carboxylic acids is 2. The van der Waals surface area contributed by atoms with Gasteiger partial charge in [-0.3, -0.25) is 14.5 Å². The largest absolute Gasteiger partial charge is 0.497 e. The maximum absolute atomic E-state index is 12.7. The maximum atomic E-state index is 12.7. The Kier molecular flexibility index (Phi) is 5.25. The first-order chi connectivity index (χ1) is 14.1. The number of nitrogens with one attached hydrogen (secondary N) is 1. The highest BCUT2D eigenvalue weighted by molar-refractivity contribution is 6.36. The maximum Gasteiger partial charge on any atom is 0.277 e. The number of hydrogen-bond acceptors (Lipinski definition) is 5. The van der Waals surface area contributed by atoms with Crippen molar-refractivity contribution in [3.63, 3.8) is 0 Å². The number of imide groups is 1. The summed E-state index contributed by atoms with van der Waals surface area (Å²) in [6.07, 6.45) is 3.74. The van der Waals surface area contributed by atoms with Crippen LogP contribution in [-0.2, 0) is 9.59 Å². The summed E-state index contributed by atoms with van der Waals surface area (Å²) in [5.41, 5.74) is 3.32. The molecule has 29 heavy (non-hydrogen) atoms. The number of carbonyl (C=O) groups is 2. The van der Waals surface area contributed by atoms with Crippen LogP contribution in [0.4, 0.5) is 11.4 Å². The van der Waals surface area contributed by atoms with Crippen molar-refractivity contribution >= 4 is 28.8 Å². The van der Waals surface area contributed by atoms with Crippen LogP contribution >= 0.6 is 0 Å². The number of ether oxygens (including phenoxy) is 1. The zero-order valence-electron chi connectivity index (χ0n) is 16.8. The Bertz CT molecular complexity index is 942. The molecule has 2 aromatic carbocycles. The van der Waals surface area contributed by atoms with E-state index in [0.717, 1.165) is 23.7 Å². The SMILES string of the molecule is COc1ccc(C2=C(Nc3ccc(N4CCCCC4)cc3)C(=O)N(C)C2=O)cc1. The van der Waals surface area contributed by atoms with Crippen molar-refractivity contribution in [2.24, 2.45) is 0 Å². The van der Waals surface area contributed by atoms with E-state index in [1.165, 1.54) is 32.0 Å². The number of hydrogen-bond donors (Lipinski definition) is 1. The van der Waals surface area contributed by atoms with Crippen molar-refractivity contribution in [1.82, 2.24) is 4.90 Å². The molecule has 0 atom stereocenters. The van der Waals surface area contributed by atoms with E-state index in [2.05, 4.69) is 22.3 Å². The molecule has 0 unspecified atom stereocenters. The lowest BCUT2D eigenvalue weighted by atomic mass is 10.0. The zero-order chi connectivity index (χ0) is 20.4. The highest BCUT2D eigenvalue weighted by Crippen LogP contribution is 2.31. The molecule has 1 N–H and O–H groups in total. The van der Waals surface area contributed by atoms with Crippen LogP contribution < -0.4 is 15.0 Å². The summed E-state index contributed by atoms with van der Waals surface area (Å²) >= 11 is 0. The molecule has 6 heteroatoms. The number of amides is 2. The van der Waals surface area contributed by atoms with Gasteiger partial charge in [0.15, 0.2) is 0 Å². The van der Waals surface area contributed by atoms with Crippen LogP contribution in [0.25, 0.3) is 5.57 Å². The summed E-state index contributed by atoms with van der Waals surface area (Å²) in [7, 11) is 3.09. The molecule has 150 valence electrons. The van der Waals surface area contributed by atoms with Gasteiger partial charge in [-0.1, -0.05) is 12.1 Å². The Hall–Kier alpha value is -3.28. The van der Waals surface area contributed by atoms with Crippen LogP contribution in [0.3, 0.4) is 0 Å². The van der Waals surface area contributed by atoms with Crippen LogP contribution in [0.1, 0.15) is 24.8 Å². The fourth-order valence-corrected chi connectivity index (χ4v) is 3.83. The van der Waals surface area contributed by atoms with Gasteiger partial charge >= 0.3 is 0 Å². The molecular formula is C23H25N3O3. The highest BCUT2D eigenvalue weighted by Gasteiger charge is 2.36. The average Bonchev–Trinajstić information content (AvgIpc) is 2.98. The number of nitrogens with zero attached hydrogens (tertiary/aromatic N) is 2. The standard InChI is InChI=1S/C23H25N3O3/c1-25-22(27)20(16-6-12-19(29-2)13-7-16)21(23(25)28)24-17-8-10-18(11-9-17)26-14-4-3-5-15-26/h6-13,24H,3-5,14-15H2,1-2H3. The quantitative estimate of drug-likeness (QED) is 0.791. The first kappa shape index (κ1) is 19.1. The summed E-state index contributed by atoms with van der Waals surface area (Å²) in [6.45, 7) is 2.16. The van der Waals surface area contributed by atoms with Gasteiger partial charge in [0.1, 0.15) is 11.4 Å². The second-order valence-electron chi connectivity index (χ2n) is 7.37. The van der Waals surface area contributed by atoms with Crippen molar-refractivity contribution in [3.05, 3.63) is 59.8 Å². The predicted molar refractivity (Wildman–Crippen MR) is 114 cm³/mol. The molecule has 1 saturated heterocycles. The molecular weight excluding hydrogens is 366 g/mol. The third-order valence-corrected chi connectivity index (χ3v) is 5.52. The molecule has 2 aliphatic heterocycles. The monoisotopic (exact) mass is 391 g/mol. The molecule has 2 aromatic rings. The minimum absolute atomic E-state index is 0.299. The van der Waals surface area contributed by atoms with Crippen molar-refractivity contribution in [2.45, 2.75) is 19.3 Å². The molecule has 2 heterocycles. The molecule has 4 rings (SSSR count). The van der Waals surface area contributed by atoms with E-state index in [1.807, 2.05) is 12.1 Å². The first-order valence-corrected chi connectivity index (χ1v) is 9.91. The minimum atomic E-state index is -0.332. The van der Waals surface area contributed by atoms with Gasteiger partial charge in [-0.15, -0.1) is 0 Å². The summed E-state index contributed by atoms with van der Waals surface area (Å²) in [5, 5.41) is 3.18. The predicted octanol–water partition coefficient (Wildman–Crippen LogP) is 3.51. The molecule has 0 bridgehead atoms. The first-order valence-electron chi connectivity index (χ1n) is 9.91. The average molecular weight is 391 g/mol. The second kappa shape index (κ2) is 7.99. The molecule has 0 saturated carbocycles. The van der Waals surface area contributed by atoms with Gasteiger partial charge in [0.2, 0.25) is 0 Å². The van der Waals surface area contributed by atoms with Crippen LogP contribution in [0.15, 0.2) is 54.2 Å². The van der Waals surface area contributed by atoms with Gasteiger partial charge < -0.3 is 15.0 Å². The third-order valence-electron chi connectivity index (χ3n) is 5.52. The number of likely N-dealkylation sites (N-methyl/N-ethyl adjacent to an activating group) is 1. The van der Waals surface area contributed by atoms with Crippen LogP contribution in [0.2, 0.25) is 0 Å². The lowest BCUT2D eigenvalue weighted by molar-refractivity contribution is -0.135. The van der Waals surface area contributed by atoms with Crippen LogP contribution in [0.5, 0.6) is 5.75 Å². The molecule has 6 nitrogen and oxygen atoms in total. The van der Waals surface area contributed by atoms with Crippen molar-refractivity contribution in [3.8, 4) is 5.75 Å². The van der Waals surface area contributed by atoms with E-state index < -0.39 is 0 Å². The molecule has 0 aliphatic carbocycles. The van der Waals surface area contributed by atoms with E-state index >= 15 is 0 Å². The van der Waals surface area contributed by atoms with Crippen molar-refractivity contribution in [2.75, 3.05) is 37.5 Å². The van der Waals surface area contributed by atoms with E-state index in [4.69, 9.17) is 4.74 Å². The van der Waals surface area contributed by atoms with Gasteiger partial charge in [-0.2, -0.15) is 0 Å². The van der Waals surface area contributed by atoms with Gasteiger partial charge in [-0.05, 0) is 61.2 Å². The zero-order valence-corrected chi connectivity index (χ0v) is 16.8. The number of methoxy groups -OCH3 is 1. The molecule has 2 aliphatic rings. The Morgan fingerprint density at radius 3 is 2.14 bits per heavy atom. The number of piperidine rings is 1. The normalized spacial score (nSPS) is 17.2. The van der Waals surface area contributed by atoms with Crippen molar-refractivity contribution < 1.29 is 14.3 Å². The Balaban J connectivity index is 1.62. The number of rotatable bonds is 5. The Morgan fingerprint density at radius 2 is 1.52 bits per heavy atom. The lowest BCUT2D eigenvalue weighted by Crippen LogP contribution is -2.29. The van der Waals surface area contributed by atoms with Gasteiger partial charge in [0.25, 0.3) is 11.8 Å². The van der Waals surface area contributed by atoms with Crippen molar-refractivity contribution in [1.29, 1.82) is 0 Å². The summed E-state index contributed by atoms with van der Waals surface area (Å²) < 4.78 is 5.19. The summed E-state index contributed by atoms with van der Waals surface area (Å²) in [4.78, 5) is 28.9. The minimum Gasteiger partial charge on any atom is -0.497 e. The van der Waals surface area contributed by atoms with Crippen LogP contribution in [0, 0.1) is 0 Å².